The molecule has 0 atom stereocenters. The molecule has 24 heavy (non-hydrogen) atoms. The number of carbonyl (C=O) groups excluding carboxylic acids is 1. The van der Waals surface area contributed by atoms with Crippen LogP contribution in [-0.4, -0.2) is 50.3 Å². The van der Waals surface area contributed by atoms with Crippen LogP contribution in [0.2, 0.25) is 0 Å². The number of hydrogen-bond acceptors (Lipinski definition) is 5. The van der Waals surface area contributed by atoms with Gasteiger partial charge in [-0.1, -0.05) is 12.1 Å². The van der Waals surface area contributed by atoms with Crippen molar-refractivity contribution in [2.75, 3.05) is 18.4 Å². The van der Waals surface area contributed by atoms with Crippen molar-refractivity contribution >= 4 is 23.4 Å². The van der Waals surface area contributed by atoms with E-state index in [1.807, 2.05) is 6.07 Å². The van der Waals surface area contributed by atoms with Crippen molar-refractivity contribution in [1.29, 1.82) is 0 Å². The molecule has 0 fully saturated rings. The van der Waals surface area contributed by atoms with Crippen molar-refractivity contribution < 1.29 is 14.7 Å². The molecule has 8 nitrogen and oxygen atoms in total. The molecule has 2 aromatic heterocycles. The molecular weight excluding hydrogens is 310 g/mol. The quantitative estimate of drug-likeness (QED) is 0.880. The summed E-state index contributed by atoms with van der Waals surface area (Å²) < 4.78 is 0. The zero-order valence-electron chi connectivity index (χ0n) is 12.7. The van der Waals surface area contributed by atoms with E-state index in [0.29, 0.717) is 23.8 Å². The van der Waals surface area contributed by atoms with Crippen LogP contribution in [0.3, 0.4) is 0 Å². The minimum atomic E-state index is -0.965. The van der Waals surface area contributed by atoms with Crippen molar-refractivity contribution in [1.82, 2.24) is 20.1 Å². The third-order valence-electron chi connectivity index (χ3n) is 3.52. The fourth-order valence-corrected chi connectivity index (χ4v) is 2.31. The van der Waals surface area contributed by atoms with Crippen LogP contribution in [0.1, 0.15) is 11.4 Å². The van der Waals surface area contributed by atoms with Gasteiger partial charge in [0.05, 0.1) is 18.7 Å². The Morgan fingerprint density at radius 2 is 2.08 bits per heavy atom. The largest absolute Gasteiger partial charge is 0.465 e. The Kier molecular flexibility index (Phi) is 4.46. The molecule has 122 valence electrons. The van der Waals surface area contributed by atoms with Crippen LogP contribution < -0.4 is 5.32 Å². The van der Waals surface area contributed by atoms with Crippen LogP contribution in [0.25, 0.3) is 5.57 Å². The summed E-state index contributed by atoms with van der Waals surface area (Å²) in [6, 6.07) is 8.73. The number of nitrogens with zero attached hydrogens (tertiary/aromatic N) is 4. The highest BCUT2D eigenvalue weighted by Crippen LogP contribution is 2.19. The topological polar surface area (TPSA) is 108 Å². The van der Waals surface area contributed by atoms with Crippen molar-refractivity contribution in [3.63, 3.8) is 0 Å². The fraction of sp³-hybridized carbons (Fsp3) is 0.188. The minimum absolute atomic E-state index is 0.156. The van der Waals surface area contributed by atoms with E-state index in [1.165, 1.54) is 4.90 Å². The van der Waals surface area contributed by atoms with Crippen molar-refractivity contribution in [2.45, 2.75) is 6.42 Å². The number of carbonyl (C=O) groups is 2. The molecule has 2 N–H and O–H groups in total. The Hall–Kier alpha value is -3.29. The number of pyridine rings is 1. The summed E-state index contributed by atoms with van der Waals surface area (Å²) in [6.45, 7) is 0.629. The van der Waals surface area contributed by atoms with E-state index in [1.54, 1.807) is 36.5 Å². The molecule has 0 spiro atoms. The van der Waals surface area contributed by atoms with Gasteiger partial charge >= 0.3 is 6.09 Å². The SMILES string of the molecule is O=C(Cc1ccccn1)Nc1ccc(C2=CCN(C(=O)O)C2)nn1. The molecule has 0 aliphatic carbocycles. The maximum absolute atomic E-state index is 11.9. The number of rotatable bonds is 4. The van der Waals surface area contributed by atoms with Crippen LogP contribution in [0.15, 0.2) is 42.6 Å². The Balaban J connectivity index is 1.59. The molecule has 0 bridgehead atoms. The first kappa shape index (κ1) is 15.6. The highest BCUT2D eigenvalue weighted by Gasteiger charge is 2.20. The van der Waals surface area contributed by atoms with Crippen molar-refractivity contribution in [2.24, 2.45) is 0 Å². The van der Waals surface area contributed by atoms with Crippen LogP contribution in [-0.2, 0) is 11.2 Å². The molecular formula is C16H15N5O3. The van der Waals surface area contributed by atoms with Gasteiger partial charge in [0.2, 0.25) is 5.91 Å². The number of nitrogens with one attached hydrogen (secondary N) is 1. The average molecular weight is 325 g/mol. The second-order valence-corrected chi connectivity index (χ2v) is 5.24. The Morgan fingerprint density at radius 1 is 1.21 bits per heavy atom. The van der Waals surface area contributed by atoms with Crippen molar-refractivity contribution in [3.8, 4) is 0 Å². The van der Waals surface area contributed by atoms with Gasteiger partial charge in [-0.25, -0.2) is 4.79 Å². The van der Waals surface area contributed by atoms with Crippen LogP contribution >= 0.6 is 0 Å². The maximum atomic E-state index is 11.9. The van der Waals surface area contributed by atoms with Gasteiger partial charge in [-0.05, 0) is 29.8 Å². The summed E-state index contributed by atoms with van der Waals surface area (Å²) in [5.74, 6) is 0.112. The molecule has 3 rings (SSSR count). The lowest BCUT2D eigenvalue weighted by atomic mass is 10.2. The van der Waals surface area contributed by atoms with E-state index >= 15 is 0 Å². The zero-order chi connectivity index (χ0) is 16.9. The molecule has 1 aliphatic rings. The van der Waals surface area contributed by atoms with Gasteiger partial charge in [-0.2, -0.15) is 0 Å². The maximum Gasteiger partial charge on any atom is 0.407 e. The Morgan fingerprint density at radius 3 is 2.71 bits per heavy atom. The lowest BCUT2D eigenvalue weighted by molar-refractivity contribution is -0.115. The van der Waals surface area contributed by atoms with Crippen molar-refractivity contribution in [3.05, 3.63) is 54.0 Å². The summed E-state index contributed by atoms with van der Waals surface area (Å²) in [5, 5.41) is 19.6. The predicted molar refractivity (Wildman–Crippen MR) is 86.2 cm³/mol. The van der Waals surface area contributed by atoms with Gasteiger partial charge in [0.15, 0.2) is 5.82 Å². The fourth-order valence-electron chi connectivity index (χ4n) is 2.31. The smallest absolute Gasteiger partial charge is 0.407 e. The monoisotopic (exact) mass is 325 g/mol. The first-order valence-corrected chi connectivity index (χ1v) is 7.32. The summed E-state index contributed by atoms with van der Waals surface area (Å²) in [5.41, 5.74) is 2.07. The Bertz CT molecular complexity index is 774. The molecule has 1 aliphatic heterocycles. The summed E-state index contributed by atoms with van der Waals surface area (Å²) >= 11 is 0. The first-order chi connectivity index (χ1) is 11.6. The molecule has 2 aromatic rings. The first-order valence-electron chi connectivity index (χ1n) is 7.32. The third kappa shape index (κ3) is 3.72. The van der Waals surface area contributed by atoms with Gasteiger partial charge in [0.25, 0.3) is 0 Å². The van der Waals surface area contributed by atoms with Gasteiger partial charge in [-0.3, -0.25) is 9.78 Å². The Labute approximate surface area is 137 Å². The average Bonchev–Trinajstić information content (AvgIpc) is 3.07. The van der Waals surface area contributed by atoms with Gasteiger partial charge < -0.3 is 15.3 Å². The molecule has 0 radical (unpaired) electrons. The van der Waals surface area contributed by atoms with Crippen LogP contribution in [0.5, 0.6) is 0 Å². The molecule has 0 saturated heterocycles. The summed E-state index contributed by atoms with van der Waals surface area (Å²) in [7, 11) is 0. The van der Waals surface area contributed by atoms with E-state index < -0.39 is 6.09 Å². The van der Waals surface area contributed by atoms with E-state index in [0.717, 1.165) is 5.57 Å². The second kappa shape index (κ2) is 6.86. The summed E-state index contributed by atoms with van der Waals surface area (Å²) in [4.78, 5) is 28.2. The van der Waals surface area contributed by atoms with E-state index in [4.69, 9.17) is 5.11 Å². The molecule has 0 saturated carbocycles. The lowest BCUT2D eigenvalue weighted by Gasteiger charge is -2.11. The normalized spacial score (nSPS) is 13.5. The standard InChI is InChI=1S/C16H15N5O3/c22-15(9-12-3-1-2-7-17-12)18-14-5-4-13(19-20-14)11-6-8-21(10-11)16(23)24/h1-7H,8-10H2,(H,23,24)(H,18,20,22). The highest BCUT2D eigenvalue weighted by atomic mass is 16.4. The van der Waals surface area contributed by atoms with Gasteiger partial charge in [0.1, 0.15) is 0 Å². The van der Waals surface area contributed by atoms with Gasteiger partial charge in [-0.15, -0.1) is 10.2 Å². The van der Waals surface area contributed by atoms with E-state index in [2.05, 4.69) is 20.5 Å². The highest BCUT2D eigenvalue weighted by molar-refractivity contribution is 5.91. The second-order valence-electron chi connectivity index (χ2n) is 5.24. The third-order valence-corrected chi connectivity index (χ3v) is 3.52. The number of amides is 2. The number of anilines is 1. The molecule has 2 amide bonds. The predicted octanol–water partition coefficient (Wildman–Crippen LogP) is 1.43. The van der Waals surface area contributed by atoms with E-state index in [-0.39, 0.29) is 18.9 Å². The number of hydrogen-bond donors (Lipinski definition) is 2. The lowest BCUT2D eigenvalue weighted by Crippen LogP contribution is -2.26. The van der Waals surface area contributed by atoms with Gasteiger partial charge in [0, 0.05) is 18.4 Å². The number of carboxylic acid groups (broad SMARTS) is 1. The minimum Gasteiger partial charge on any atom is -0.465 e. The zero-order valence-corrected chi connectivity index (χ0v) is 12.7. The van der Waals surface area contributed by atoms with E-state index in [9.17, 15) is 9.59 Å². The molecule has 0 unspecified atom stereocenters. The molecule has 3 heterocycles. The van der Waals surface area contributed by atoms with Crippen LogP contribution in [0.4, 0.5) is 10.6 Å². The molecule has 0 aromatic carbocycles. The summed E-state index contributed by atoms with van der Waals surface area (Å²) in [6.07, 6.45) is 2.63. The van der Waals surface area contributed by atoms with Crippen LogP contribution in [0, 0.1) is 0 Å². The number of aromatic nitrogens is 3. The molecule has 8 heteroatoms.